The molecular weight excluding hydrogens is 516 g/mol. The van der Waals surface area contributed by atoms with E-state index in [0.717, 1.165) is 0 Å². The van der Waals surface area contributed by atoms with E-state index in [9.17, 15) is 9.59 Å². The second kappa shape index (κ2) is 9.08. The number of amides is 2. The third kappa shape index (κ3) is 4.82. The van der Waals surface area contributed by atoms with Gasteiger partial charge in [-0.05, 0) is 54.1 Å². The lowest BCUT2D eigenvalue weighted by Crippen LogP contribution is -2.18. The average Bonchev–Trinajstić information content (AvgIpc) is 3.31. The van der Waals surface area contributed by atoms with E-state index in [1.54, 1.807) is 42.6 Å². The Balaban J connectivity index is 1.51. The Hall–Kier alpha value is -2.02. The molecule has 1 aliphatic rings. The lowest BCUT2D eigenvalue weighted by atomic mass is 10.1. The van der Waals surface area contributed by atoms with Crippen molar-refractivity contribution in [1.29, 1.82) is 0 Å². The van der Waals surface area contributed by atoms with Crippen LogP contribution in [0.3, 0.4) is 0 Å². The molecule has 0 bridgehead atoms. The van der Waals surface area contributed by atoms with Gasteiger partial charge in [-0.1, -0.05) is 34.8 Å². The molecule has 2 aromatic carbocycles. The van der Waals surface area contributed by atoms with Crippen LogP contribution in [0.25, 0.3) is 0 Å². The number of alkyl halides is 2. The van der Waals surface area contributed by atoms with E-state index in [0.29, 0.717) is 27.0 Å². The van der Waals surface area contributed by atoms with Crippen LogP contribution in [0.4, 0.5) is 11.4 Å². The number of hydrogen-bond donors (Lipinski definition) is 2. The Morgan fingerprint density at radius 2 is 1.62 bits per heavy atom. The van der Waals surface area contributed by atoms with Gasteiger partial charge >= 0.3 is 0 Å². The summed E-state index contributed by atoms with van der Waals surface area (Å²) in [5.74, 6) is -2.07. The Labute approximate surface area is 209 Å². The lowest BCUT2D eigenvalue weighted by Gasteiger charge is -2.10. The fraction of sp³-hybridized carbons (Fsp3) is 0.136. The molecule has 4 rings (SSSR count). The molecule has 2 atom stereocenters. The van der Waals surface area contributed by atoms with Crippen LogP contribution < -0.4 is 10.6 Å². The smallest absolute Gasteiger partial charge is 0.257 e. The molecule has 2 amide bonds. The highest BCUT2D eigenvalue weighted by Gasteiger charge is 2.67. The predicted octanol–water partition coefficient (Wildman–Crippen LogP) is 6.82. The third-order valence-electron chi connectivity index (χ3n) is 4.98. The number of nitrogens with zero attached hydrogens (tertiary/aromatic N) is 1. The first-order valence-electron chi connectivity index (χ1n) is 9.32. The molecule has 3 aromatic rings. The van der Waals surface area contributed by atoms with Crippen LogP contribution in [0.15, 0.2) is 60.9 Å². The minimum atomic E-state index is -1.31. The van der Waals surface area contributed by atoms with Crippen molar-refractivity contribution >= 4 is 81.2 Å². The van der Waals surface area contributed by atoms with Crippen molar-refractivity contribution in [1.82, 2.24) is 4.98 Å². The number of anilines is 2. The van der Waals surface area contributed by atoms with Crippen LogP contribution in [0, 0.1) is 5.92 Å². The number of benzene rings is 2. The highest BCUT2D eigenvalue weighted by atomic mass is 35.5. The SMILES string of the molecule is O=C(Nc1cccnc1)c1cc(NC(=O)[C@H]2[C@H](c3cc(Cl)cc(Cl)c3)C2(Cl)Cl)ccc1Cl. The number of pyridine rings is 1. The molecule has 0 saturated heterocycles. The minimum absolute atomic E-state index is 0.185. The molecule has 1 heterocycles. The van der Waals surface area contributed by atoms with Gasteiger partial charge in [0.15, 0.2) is 0 Å². The van der Waals surface area contributed by atoms with Crippen molar-refractivity contribution in [3.8, 4) is 0 Å². The Morgan fingerprint density at radius 1 is 0.906 bits per heavy atom. The summed E-state index contributed by atoms with van der Waals surface area (Å²) in [5.41, 5.74) is 1.73. The first-order chi connectivity index (χ1) is 15.2. The molecule has 2 N–H and O–H groups in total. The summed E-state index contributed by atoms with van der Waals surface area (Å²) in [4.78, 5) is 29.5. The van der Waals surface area contributed by atoms with Crippen molar-refractivity contribution in [2.75, 3.05) is 10.6 Å². The van der Waals surface area contributed by atoms with Gasteiger partial charge in [0.1, 0.15) is 4.33 Å². The standard InChI is InChI=1S/C22H14Cl5N3O2/c23-12-6-11(7-13(24)8-12)18-19(22(18,26)27)21(32)29-14-3-4-17(25)16(9-14)20(31)30-15-2-1-5-28-10-15/h1-10,18-19H,(H,29,32)(H,30,31)/t18-,19+/m0/s1. The number of aromatic nitrogens is 1. The van der Waals surface area contributed by atoms with Gasteiger partial charge in [0.2, 0.25) is 5.91 Å². The maximum Gasteiger partial charge on any atom is 0.257 e. The van der Waals surface area contributed by atoms with E-state index in [4.69, 9.17) is 58.0 Å². The number of rotatable bonds is 5. The number of hydrogen-bond acceptors (Lipinski definition) is 3. The minimum Gasteiger partial charge on any atom is -0.326 e. The Morgan fingerprint density at radius 3 is 2.28 bits per heavy atom. The van der Waals surface area contributed by atoms with Crippen molar-refractivity contribution in [2.24, 2.45) is 5.92 Å². The van der Waals surface area contributed by atoms with Gasteiger partial charge in [0, 0.05) is 27.8 Å². The van der Waals surface area contributed by atoms with Gasteiger partial charge in [0.05, 0.1) is 28.4 Å². The molecule has 1 fully saturated rings. The maximum atomic E-state index is 12.9. The van der Waals surface area contributed by atoms with Gasteiger partial charge in [-0.3, -0.25) is 14.6 Å². The zero-order chi connectivity index (χ0) is 23.0. The van der Waals surface area contributed by atoms with Crippen molar-refractivity contribution in [3.63, 3.8) is 0 Å². The molecular formula is C22H14Cl5N3O2. The van der Waals surface area contributed by atoms with Gasteiger partial charge in [-0.25, -0.2) is 0 Å². The third-order valence-corrected chi connectivity index (χ3v) is 6.68. The van der Waals surface area contributed by atoms with Gasteiger partial charge in [-0.2, -0.15) is 0 Å². The summed E-state index contributed by atoms with van der Waals surface area (Å²) in [5, 5.41) is 6.52. The van der Waals surface area contributed by atoms with Gasteiger partial charge in [-0.15, -0.1) is 23.2 Å². The Bertz CT molecular complexity index is 1180. The number of carbonyl (C=O) groups excluding carboxylic acids is 2. The number of nitrogens with one attached hydrogen (secondary N) is 2. The molecule has 1 saturated carbocycles. The maximum absolute atomic E-state index is 12.9. The molecule has 32 heavy (non-hydrogen) atoms. The topological polar surface area (TPSA) is 71.1 Å². The highest BCUT2D eigenvalue weighted by molar-refractivity contribution is 6.53. The van der Waals surface area contributed by atoms with Crippen molar-refractivity contribution in [2.45, 2.75) is 10.3 Å². The first-order valence-corrected chi connectivity index (χ1v) is 11.2. The second-order valence-corrected chi connectivity index (χ2v) is 9.94. The van der Waals surface area contributed by atoms with E-state index in [-0.39, 0.29) is 10.6 Å². The summed E-state index contributed by atoms with van der Waals surface area (Å²) in [6.45, 7) is 0. The predicted molar refractivity (Wildman–Crippen MR) is 129 cm³/mol. The summed E-state index contributed by atoms with van der Waals surface area (Å²) in [6.07, 6.45) is 3.10. The van der Waals surface area contributed by atoms with Crippen LogP contribution >= 0.6 is 58.0 Å². The van der Waals surface area contributed by atoms with Crippen molar-refractivity contribution in [3.05, 3.63) is 87.1 Å². The van der Waals surface area contributed by atoms with Crippen LogP contribution in [0.2, 0.25) is 15.1 Å². The summed E-state index contributed by atoms with van der Waals surface area (Å²) >= 11 is 31.1. The Kier molecular flexibility index (Phi) is 6.57. The zero-order valence-electron chi connectivity index (χ0n) is 16.1. The van der Waals surface area contributed by atoms with Gasteiger partial charge in [0.25, 0.3) is 5.91 Å². The van der Waals surface area contributed by atoms with Crippen molar-refractivity contribution < 1.29 is 9.59 Å². The van der Waals surface area contributed by atoms with E-state index in [2.05, 4.69) is 15.6 Å². The number of halogens is 5. The summed E-state index contributed by atoms with van der Waals surface area (Å²) in [7, 11) is 0. The van der Waals surface area contributed by atoms with Crippen LogP contribution in [0.5, 0.6) is 0 Å². The second-order valence-electron chi connectivity index (χ2n) is 7.21. The van der Waals surface area contributed by atoms with Crippen LogP contribution in [-0.4, -0.2) is 21.1 Å². The van der Waals surface area contributed by atoms with E-state index < -0.39 is 28.0 Å². The molecule has 0 unspecified atom stereocenters. The molecule has 0 radical (unpaired) electrons. The first kappa shape index (κ1) is 23.1. The highest BCUT2D eigenvalue weighted by Crippen LogP contribution is 2.65. The monoisotopic (exact) mass is 527 g/mol. The molecule has 1 aromatic heterocycles. The van der Waals surface area contributed by atoms with Crippen LogP contribution in [-0.2, 0) is 4.79 Å². The van der Waals surface area contributed by atoms with E-state index in [1.807, 2.05) is 0 Å². The largest absolute Gasteiger partial charge is 0.326 e. The van der Waals surface area contributed by atoms with Crippen LogP contribution in [0.1, 0.15) is 21.8 Å². The average molecular weight is 530 g/mol. The van der Waals surface area contributed by atoms with E-state index in [1.165, 1.54) is 18.3 Å². The fourth-order valence-electron chi connectivity index (χ4n) is 3.45. The summed E-state index contributed by atoms with van der Waals surface area (Å²) in [6, 6.07) is 12.9. The molecule has 10 heteroatoms. The number of carbonyl (C=O) groups is 2. The molecule has 0 aliphatic heterocycles. The molecule has 0 spiro atoms. The van der Waals surface area contributed by atoms with Gasteiger partial charge < -0.3 is 10.6 Å². The fourth-order valence-corrected chi connectivity index (χ4v) is 5.03. The zero-order valence-corrected chi connectivity index (χ0v) is 19.9. The quantitative estimate of drug-likeness (QED) is 0.356. The van der Waals surface area contributed by atoms with E-state index >= 15 is 0 Å². The normalized spacial score (nSPS) is 18.7. The lowest BCUT2D eigenvalue weighted by molar-refractivity contribution is -0.117. The summed E-state index contributed by atoms with van der Waals surface area (Å²) < 4.78 is -1.31. The molecule has 1 aliphatic carbocycles. The molecule has 5 nitrogen and oxygen atoms in total. The molecule has 164 valence electrons.